The maximum Gasteiger partial charge on any atom is 0.405 e. The Morgan fingerprint density at radius 1 is 1.06 bits per heavy atom. The van der Waals surface area contributed by atoms with E-state index in [1.807, 2.05) is 36.5 Å². The lowest BCUT2D eigenvalue weighted by atomic mass is 10.2. The van der Waals surface area contributed by atoms with Crippen molar-refractivity contribution in [2.24, 2.45) is 0 Å². The normalized spacial score (nSPS) is 10.8. The number of hydrogen-bond acceptors (Lipinski definition) is 2. The van der Waals surface area contributed by atoms with E-state index in [0.717, 1.165) is 11.3 Å². The molecule has 0 aliphatic rings. The molecule has 78 valence electrons. The molecule has 2 aromatic heterocycles. The third-order valence-electron chi connectivity index (χ3n) is 2.30. The lowest BCUT2D eigenvalue weighted by Gasteiger charge is -1.89. The zero-order valence-corrected chi connectivity index (χ0v) is 9.06. The van der Waals surface area contributed by atoms with Crippen molar-refractivity contribution in [2.75, 3.05) is 0 Å². The average molecular weight is 232 g/mol. The third kappa shape index (κ3) is 1.55. The second-order valence-electron chi connectivity index (χ2n) is 3.40. The maximum atomic E-state index is 5.80. The van der Waals surface area contributed by atoms with E-state index in [4.69, 9.17) is 16.0 Å². The molecule has 16 heavy (non-hydrogen) atoms. The van der Waals surface area contributed by atoms with Gasteiger partial charge in [-0.25, -0.2) is 0 Å². The van der Waals surface area contributed by atoms with Crippen LogP contribution in [0.2, 0.25) is 5.15 Å². The van der Waals surface area contributed by atoms with Crippen molar-refractivity contribution in [3.05, 3.63) is 53.8 Å². The van der Waals surface area contributed by atoms with Gasteiger partial charge in [-0.05, 0) is 10.6 Å². The van der Waals surface area contributed by atoms with Crippen LogP contribution in [0.15, 0.2) is 53.1 Å². The second-order valence-corrected chi connectivity index (χ2v) is 3.79. The van der Waals surface area contributed by atoms with E-state index in [9.17, 15) is 0 Å². The first-order valence-electron chi connectivity index (χ1n) is 4.86. The number of fused-ring (bicyclic) bond motifs is 1. The van der Waals surface area contributed by atoms with Gasteiger partial charge in [-0.15, -0.1) is 0 Å². The van der Waals surface area contributed by atoms with Crippen molar-refractivity contribution in [1.29, 1.82) is 0 Å². The van der Waals surface area contributed by atoms with E-state index in [2.05, 4.69) is 5.10 Å². The highest BCUT2D eigenvalue weighted by atomic mass is 35.5. The van der Waals surface area contributed by atoms with Crippen molar-refractivity contribution in [3.8, 4) is 11.3 Å². The Bertz CT molecular complexity index is 634. The Morgan fingerprint density at radius 2 is 1.88 bits per heavy atom. The van der Waals surface area contributed by atoms with Gasteiger partial charge in [0.1, 0.15) is 0 Å². The van der Waals surface area contributed by atoms with E-state index in [1.54, 1.807) is 16.6 Å². The highest BCUT2D eigenvalue weighted by Gasteiger charge is 2.14. The van der Waals surface area contributed by atoms with Crippen LogP contribution in [0.1, 0.15) is 0 Å². The molecule has 1 aromatic carbocycles. The van der Waals surface area contributed by atoms with E-state index in [0.29, 0.717) is 10.9 Å². The molecule has 4 heteroatoms. The molecule has 0 unspecified atom stereocenters. The molecule has 0 saturated heterocycles. The van der Waals surface area contributed by atoms with Gasteiger partial charge in [0.2, 0.25) is 12.0 Å². The zero-order valence-electron chi connectivity index (χ0n) is 8.30. The molecule has 0 amide bonds. The quantitative estimate of drug-likeness (QED) is 0.603. The third-order valence-corrected chi connectivity index (χ3v) is 2.51. The highest BCUT2D eigenvalue weighted by molar-refractivity contribution is 6.29. The molecule has 0 saturated carbocycles. The van der Waals surface area contributed by atoms with Crippen molar-refractivity contribution in [1.82, 2.24) is 5.10 Å². The minimum Gasteiger partial charge on any atom is -0.396 e. The molecular formula is C12H8ClN2O+. The van der Waals surface area contributed by atoms with E-state index in [-0.39, 0.29) is 0 Å². The van der Waals surface area contributed by atoms with E-state index >= 15 is 0 Å². The first kappa shape index (κ1) is 9.36. The Kier molecular flexibility index (Phi) is 2.11. The summed E-state index contributed by atoms with van der Waals surface area (Å²) in [5.41, 5.74) is 1.69. The average Bonchev–Trinajstić information content (AvgIpc) is 2.73. The smallest absolute Gasteiger partial charge is 0.396 e. The van der Waals surface area contributed by atoms with Crippen LogP contribution in [0, 0.1) is 0 Å². The Morgan fingerprint density at radius 3 is 2.69 bits per heavy atom. The minimum absolute atomic E-state index is 0.443. The van der Waals surface area contributed by atoms with Gasteiger partial charge < -0.3 is 4.42 Å². The fourth-order valence-electron chi connectivity index (χ4n) is 1.56. The fourth-order valence-corrected chi connectivity index (χ4v) is 1.71. The first-order valence-corrected chi connectivity index (χ1v) is 5.24. The molecule has 3 rings (SSSR count). The minimum atomic E-state index is 0.443. The molecule has 0 aliphatic carbocycles. The molecule has 3 nitrogen and oxygen atoms in total. The van der Waals surface area contributed by atoms with Gasteiger partial charge in [-0.3, -0.25) is 0 Å². The van der Waals surface area contributed by atoms with Crippen LogP contribution in [0.4, 0.5) is 0 Å². The summed E-state index contributed by atoms with van der Waals surface area (Å²) in [6.45, 7) is 0. The van der Waals surface area contributed by atoms with Crippen LogP contribution >= 0.6 is 11.6 Å². The SMILES string of the molecule is Clc1ccc2oc(-c3ccccc3)c[n+]2n1. The number of halogens is 1. The first-order chi connectivity index (χ1) is 7.83. The van der Waals surface area contributed by atoms with Crippen LogP contribution in [-0.4, -0.2) is 5.10 Å². The highest BCUT2D eigenvalue weighted by Crippen LogP contribution is 2.19. The summed E-state index contributed by atoms with van der Waals surface area (Å²) in [4.78, 5) is 0. The lowest BCUT2D eigenvalue weighted by molar-refractivity contribution is -0.581. The summed E-state index contributed by atoms with van der Waals surface area (Å²) < 4.78 is 7.28. The molecule has 0 atom stereocenters. The molecule has 0 N–H and O–H groups in total. The van der Waals surface area contributed by atoms with Gasteiger partial charge in [0.25, 0.3) is 0 Å². The standard InChI is InChI=1S/C12H8ClN2O/c13-11-6-7-12-15(14-11)8-10(16-12)9-4-2-1-3-5-9/h1-8H/q+1. The van der Waals surface area contributed by atoms with Crippen molar-refractivity contribution in [2.45, 2.75) is 0 Å². The summed E-state index contributed by atoms with van der Waals surface area (Å²) in [5.74, 6) is 0.773. The van der Waals surface area contributed by atoms with Crippen LogP contribution < -0.4 is 4.52 Å². The number of rotatable bonds is 1. The predicted molar refractivity (Wildman–Crippen MR) is 60.1 cm³/mol. The number of nitrogens with zero attached hydrogens (tertiary/aromatic N) is 2. The molecule has 0 radical (unpaired) electrons. The topological polar surface area (TPSA) is 30.1 Å². The number of oxazole rings is 1. The van der Waals surface area contributed by atoms with Gasteiger partial charge >= 0.3 is 5.71 Å². The monoisotopic (exact) mass is 231 g/mol. The molecule has 0 fully saturated rings. The Balaban J connectivity index is 2.19. The molecule has 0 spiro atoms. The Labute approximate surface area is 96.9 Å². The number of hydrogen-bond donors (Lipinski definition) is 0. The fraction of sp³-hybridized carbons (Fsp3) is 0. The van der Waals surface area contributed by atoms with E-state index < -0.39 is 0 Å². The maximum absolute atomic E-state index is 5.80. The van der Waals surface area contributed by atoms with Gasteiger partial charge in [-0.1, -0.05) is 41.9 Å². The summed E-state index contributed by atoms with van der Waals surface area (Å²) >= 11 is 5.80. The molecule has 0 bridgehead atoms. The summed E-state index contributed by atoms with van der Waals surface area (Å²) in [6.07, 6.45) is 1.82. The number of benzene rings is 1. The molecule has 2 heterocycles. The lowest BCUT2D eigenvalue weighted by Crippen LogP contribution is -2.22. The van der Waals surface area contributed by atoms with Gasteiger partial charge in [0.15, 0.2) is 5.15 Å². The predicted octanol–water partition coefficient (Wildman–Crippen LogP) is 2.73. The van der Waals surface area contributed by atoms with Crippen LogP contribution in [0.25, 0.3) is 17.0 Å². The van der Waals surface area contributed by atoms with Crippen molar-refractivity contribution in [3.63, 3.8) is 0 Å². The van der Waals surface area contributed by atoms with Gasteiger partial charge in [-0.2, -0.15) is 0 Å². The van der Waals surface area contributed by atoms with Gasteiger partial charge in [0.05, 0.1) is 6.07 Å². The van der Waals surface area contributed by atoms with Gasteiger partial charge in [0, 0.05) is 10.7 Å². The molecule has 0 aliphatic heterocycles. The Hall–Kier alpha value is -1.87. The summed E-state index contributed by atoms with van der Waals surface area (Å²) in [7, 11) is 0. The zero-order chi connectivity index (χ0) is 11.0. The van der Waals surface area contributed by atoms with Crippen LogP contribution in [-0.2, 0) is 0 Å². The molecular weight excluding hydrogens is 224 g/mol. The van der Waals surface area contributed by atoms with Crippen LogP contribution in [0.3, 0.4) is 0 Å². The van der Waals surface area contributed by atoms with E-state index in [1.165, 1.54) is 0 Å². The summed E-state index contributed by atoms with van der Waals surface area (Å²) in [6, 6.07) is 13.4. The summed E-state index contributed by atoms with van der Waals surface area (Å²) in [5, 5.41) is 4.55. The van der Waals surface area contributed by atoms with Crippen LogP contribution in [0.5, 0.6) is 0 Å². The number of aromatic nitrogens is 2. The molecule has 3 aromatic rings. The van der Waals surface area contributed by atoms with Crippen molar-refractivity contribution < 1.29 is 8.93 Å². The second kappa shape index (κ2) is 3.61. The largest absolute Gasteiger partial charge is 0.405 e. The van der Waals surface area contributed by atoms with Crippen molar-refractivity contribution >= 4 is 17.3 Å².